The van der Waals surface area contributed by atoms with E-state index in [0.717, 1.165) is 27.0 Å². The number of thiazole rings is 1. The van der Waals surface area contributed by atoms with Crippen LogP contribution in [-0.4, -0.2) is 22.0 Å². The number of anilines is 2. The van der Waals surface area contributed by atoms with E-state index >= 15 is 0 Å². The van der Waals surface area contributed by atoms with Crippen LogP contribution in [0.3, 0.4) is 0 Å². The van der Waals surface area contributed by atoms with Crippen molar-refractivity contribution in [3.8, 4) is 11.1 Å². The van der Waals surface area contributed by atoms with Crippen LogP contribution < -0.4 is 10.6 Å². The van der Waals surface area contributed by atoms with Crippen LogP contribution in [0, 0.1) is 5.82 Å². The predicted molar refractivity (Wildman–Crippen MR) is 139 cm³/mol. The van der Waals surface area contributed by atoms with E-state index in [9.17, 15) is 19.1 Å². The number of hydrogen-bond donors (Lipinski definition) is 3. The van der Waals surface area contributed by atoms with E-state index in [2.05, 4.69) is 15.6 Å². The summed E-state index contributed by atoms with van der Waals surface area (Å²) >= 11 is 1.38. The topological polar surface area (TPSA) is 91.3 Å². The van der Waals surface area contributed by atoms with E-state index in [1.807, 2.05) is 36.4 Å². The summed E-state index contributed by atoms with van der Waals surface area (Å²) in [7, 11) is 0. The number of carbonyl (C=O) groups is 2. The fraction of sp³-hybridized carbons (Fsp3) is 0.0357. The molecule has 0 spiro atoms. The minimum absolute atomic E-state index is 0.288. The Labute approximate surface area is 210 Å². The van der Waals surface area contributed by atoms with Crippen molar-refractivity contribution < 1.29 is 19.1 Å². The fourth-order valence-electron chi connectivity index (χ4n) is 3.78. The predicted octanol–water partition coefficient (Wildman–Crippen LogP) is 6.40. The smallest absolute Gasteiger partial charge is 0.330 e. The third kappa shape index (κ3) is 5.08. The van der Waals surface area contributed by atoms with Gasteiger partial charge in [-0.15, -0.1) is 0 Å². The Morgan fingerprint density at radius 3 is 2.19 bits per heavy atom. The Morgan fingerprint density at radius 2 is 1.53 bits per heavy atom. The summed E-state index contributed by atoms with van der Waals surface area (Å²) in [6.45, 7) is 0. The van der Waals surface area contributed by atoms with E-state index in [1.54, 1.807) is 48.5 Å². The van der Waals surface area contributed by atoms with Gasteiger partial charge in [0.25, 0.3) is 5.91 Å². The number of fused-ring (bicyclic) bond motifs is 1. The average molecular weight is 498 g/mol. The summed E-state index contributed by atoms with van der Waals surface area (Å²) in [5.74, 6) is -1.88. The minimum Gasteiger partial charge on any atom is -0.479 e. The van der Waals surface area contributed by atoms with Gasteiger partial charge in [-0.2, -0.15) is 0 Å². The van der Waals surface area contributed by atoms with Gasteiger partial charge in [0.05, 0.1) is 10.2 Å². The summed E-state index contributed by atoms with van der Waals surface area (Å²) < 4.78 is 14.2. The molecule has 3 N–H and O–H groups in total. The van der Waals surface area contributed by atoms with E-state index in [4.69, 9.17) is 0 Å². The number of nitrogens with zero attached hydrogens (tertiary/aromatic N) is 1. The molecule has 0 aliphatic rings. The van der Waals surface area contributed by atoms with Gasteiger partial charge in [0, 0.05) is 11.3 Å². The molecule has 1 amide bonds. The van der Waals surface area contributed by atoms with Gasteiger partial charge in [0.2, 0.25) is 0 Å². The summed E-state index contributed by atoms with van der Waals surface area (Å²) in [4.78, 5) is 28.8. The van der Waals surface area contributed by atoms with Gasteiger partial charge in [0.15, 0.2) is 11.2 Å². The molecule has 5 rings (SSSR count). The lowest BCUT2D eigenvalue weighted by Gasteiger charge is -2.15. The molecule has 0 saturated carbocycles. The van der Waals surface area contributed by atoms with E-state index in [-0.39, 0.29) is 5.82 Å². The number of amides is 1. The maximum atomic E-state index is 13.4. The number of halogens is 1. The molecule has 4 aromatic carbocycles. The molecule has 0 aliphatic heterocycles. The van der Waals surface area contributed by atoms with Crippen LogP contribution in [0.1, 0.15) is 22.0 Å². The van der Waals surface area contributed by atoms with E-state index in [0.29, 0.717) is 16.3 Å². The quantitative estimate of drug-likeness (QED) is 0.242. The lowest BCUT2D eigenvalue weighted by molar-refractivity contribution is -0.139. The van der Waals surface area contributed by atoms with Gasteiger partial charge < -0.3 is 15.7 Å². The molecule has 0 aliphatic carbocycles. The molecule has 36 heavy (non-hydrogen) atoms. The van der Waals surface area contributed by atoms with Gasteiger partial charge in [-0.25, -0.2) is 14.2 Å². The average Bonchev–Trinajstić information content (AvgIpc) is 3.29. The van der Waals surface area contributed by atoms with Gasteiger partial charge in [-0.05, 0) is 59.2 Å². The SMILES string of the molecule is O=C(N[C@H](C(=O)O)c1ccccc1)c1ccc(-c2ccc(Nc3nc4ccc(F)cc4s3)cc2)cc1. The van der Waals surface area contributed by atoms with Crippen molar-refractivity contribution in [1.29, 1.82) is 0 Å². The number of nitrogens with one attached hydrogen (secondary N) is 2. The van der Waals surface area contributed by atoms with Gasteiger partial charge in [-0.1, -0.05) is 65.9 Å². The molecule has 0 unspecified atom stereocenters. The van der Waals surface area contributed by atoms with Gasteiger partial charge >= 0.3 is 5.97 Å². The zero-order valence-corrected chi connectivity index (χ0v) is 19.6. The number of aliphatic carboxylic acids is 1. The van der Waals surface area contributed by atoms with Crippen molar-refractivity contribution in [2.45, 2.75) is 6.04 Å². The summed E-state index contributed by atoms with van der Waals surface area (Å²) in [6, 6.07) is 26.6. The monoisotopic (exact) mass is 497 g/mol. The number of aromatic nitrogens is 1. The van der Waals surface area contributed by atoms with Crippen molar-refractivity contribution in [2.24, 2.45) is 0 Å². The summed E-state index contributed by atoms with van der Waals surface area (Å²) in [5, 5.41) is 16.0. The van der Waals surface area contributed by atoms with Crippen molar-refractivity contribution in [1.82, 2.24) is 10.3 Å². The normalized spacial score (nSPS) is 11.7. The third-order valence-corrected chi connectivity index (χ3v) is 6.56. The lowest BCUT2D eigenvalue weighted by Crippen LogP contribution is -2.33. The highest BCUT2D eigenvalue weighted by Crippen LogP contribution is 2.30. The van der Waals surface area contributed by atoms with Crippen LogP contribution in [-0.2, 0) is 4.79 Å². The van der Waals surface area contributed by atoms with Crippen molar-refractivity contribution in [3.05, 3.63) is 114 Å². The minimum atomic E-state index is -1.13. The Morgan fingerprint density at radius 1 is 0.861 bits per heavy atom. The highest BCUT2D eigenvalue weighted by Gasteiger charge is 2.22. The third-order valence-electron chi connectivity index (χ3n) is 5.62. The molecule has 6 nitrogen and oxygen atoms in total. The molecule has 0 fully saturated rings. The molecule has 178 valence electrons. The largest absolute Gasteiger partial charge is 0.479 e. The maximum absolute atomic E-state index is 13.4. The fourth-order valence-corrected chi connectivity index (χ4v) is 4.69. The Kier molecular flexibility index (Phi) is 6.42. The van der Waals surface area contributed by atoms with Crippen molar-refractivity contribution >= 4 is 44.2 Å². The Hall–Kier alpha value is -4.56. The first-order chi connectivity index (χ1) is 17.5. The van der Waals surface area contributed by atoms with Gasteiger partial charge in [-0.3, -0.25) is 4.79 Å². The highest BCUT2D eigenvalue weighted by molar-refractivity contribution is 7.22. The first-order valence-corrected chi connectivity index (χ1v) is 11.9. The lowest BCUT2D eigenvalue weighted by atomic mass is 10.0. The number of benzene rings is 4. The number of carboxylic acid groups (broad SMARTS) is 1. The van der Waals surface area contributed by atoms with Crippen LogP contribution in [0.25, 0.3) is 21.3 Å². The van der Waals surface area contributed by atoms with Crippen LogP contribution in [0.2, 0.25) is 0 Å². The molecule has 8 heteroatoms. The molecule has 0 saturated heterocycles. The number of carbonyl (C=O) groups excluding carboxylic acids is 1. The summed E-state index contributed by atoms with van der Waals surface area (Å²) in [6.07, 6.45) is 0. The molecule has 1 aromatic heterocycles. The van der Waals surface area contributed by atoms with Crippen LogP contribution in [0.4, 0.5) is 15.2 Å². The van der Waals surface area contributed by atoms with Crippen molar-refractivity contribution in [2.75, 3.05) is 5.32 Å². The zero-order valence-electron chi connectivity index (χ0n) is 18.8. The molecule has 0 radical (unpaired) electrons. The molecule has 1 atom stereocenters. The van der Waals surface area contributed by atoms with E-state index in [1.165, 1.54) is 23.5 Å². The molecule has 0 bridgehead atoms. The van der Waals surface area contributed by atoms with Crippen LogP contribution in [0.5, 0.6) is 0 Å². The Balaban J connectivity index is 1.26. The maximum Gasteiger partial charge on any atom is 0.330 e. The Bertz CT molecular complexity index is 1530. The first-order valence-electron chi connectivity index (χ1n) is 11.1. The second-order valence-electron chi connectivity index (χ2n) is 8.07. The second-order valence-corrected chi connectivity index (χ2v) is 9.10. The zero-order chi connectivity index (χ0) is 25.1. The second kappa shape index (κ2) is 9.97. The van der Waals surface area contributed by atoms with Crippen molar-refractivity contribution in [3.63, 3.8) is 0 Å². The van der Waals surface area contributed by atoms with Crippen LogP contribution >= 0.6 is 11.3 Å². The van der Waals surface area contributed by atoms with E-state index < -0.39 is 17.9 Å². The number of rotatable bonds is 7. The standard InChI is InChI=1S/C28H20FN3O3S/c29-21-12-15-23-24(16-21)36-28(31-23)30-22-13-10-18(11-14-22)17-6-8-20(9-7-17)26(33)32-25(27(34)35)19-4-2-1-3-5-19/h1-16,25H,(H,30,31)(H,32,33)(H,34,35)/t25-/m0/s1. The van der Waals surface area contributed by atoms with Gasteiger partial charge in [0.1, 0.15) is 5.82 Å². The number of carboxylic acids is 1. The molecular weight excluding hydrogens is 477 g/mol. The number of hydrogen-bond acceptors (Lipinski definition) is 5. The molecular formula is C28H20FN3O3S. The van der Waals surface area contributed by atoms with Crippen LogP contribution in [0.15, 0.2) is 97.1 Å². The first kappa shape index (κ1) is 23.2. The highest BCUT2D eigenvalue weighted by atomic mass is 32.1. The molecule has 1 heterocycles. The summed E-state index contributed by atoms with van der Waals surface area (Å²) in [5.41, 5.74) is 4.31. The molecule has 5 aromatic rings.